The minimum Gasteiger partial charge on any atom is -0.489 e. The highest BCUT2D eigenvalue weighted by molar-refractivity contribution is 5.91. The van der Waals surface area contributed by atoms with Crippen molar-refractivity contribution in [3.8, 4) is 11.4 Å². The van der Waals surface area contributed by atoms with E-state index in [0.717, 1.165) is 24.2 Å². The molecule has 2 aromatic carbocycles. The van der Waals surface area contributed by atoms with Crippen molar-refractivity contribution in [1.82, 2.24) is 14.7 Å². The van der Waals surface area contributed by atoms with Gasteiger partial charge in [0.25, 0.3) is 0 Å². The van der Waals surface area contributed by atoms with Crippen molar-refractivity contribution in [1.29, 1.82) is 0 Å². The number of anilines is 1. The van der Waals surface area contributed by atoms with Gasteiger partial charge >= 0.3 is 0 Å². The molecule has 1 N–H and O–H groups in total. The van der Waals surface area contributed by atoms with Crippen LogP contribution in [0, 0.1) is 5.82 Å². The number of likely N-dealkylation sites (N-methyl/N-ethyl adjacent to an activating group) is 1. The number of nitrogens with zero attached hydrogens (tertiary/aromatic N) is 3. The van der Waals surface area contributed by atoms with Crippen LogP contribution in [0.1, 0.15) is 24.5 Å². The zero-order valence-corrected chi connectivity index (χ0v) is 16.9. The maximum atomic E-state index is 13.6. The summed E-state index contributed by atoms with van der Waals surface area (Å²) in [4.78, 5) is 14.4. The van der Waals surface area contributed by atoms with E-state index in [1.54, 1.807) is 22.9 Å². The Morgan fingerprint density at radius 1 is 1.20 bits per heavy atom. The van der Waals surface area contributed by atoms with Gasteiger partial charge in [-0.15, -0.1) is 0 Å². The number of carbonyl (C=O) groups is 1. The average molecular weight is 408 g/mol. The van der Waals surface area contributed by atoms with Gasteiger partial charge in [-0.1, -0.05) is 30.3 Å². The van der Waals surface area contributed by atoms with E-state index in [9.17, 15) is 9.18 Å². The highest BCUT2D eigenvalue weighted by Crippen LogP contribution is 2.40. The minimum atomic E-state index is -0.390. The van der Waals surface area contributed by atoms with E-state index in [1.165, 1.54) is 6.07 Å². The minimum absolute atomic E-state index is 0.136. The number of hydrogen-bond acceptors (Lipinski definition) is 4. The van der Waals surface area contributed by atoms with Gasteiger partial charge in [-0.3, -0.25) is 9.69 Å². The molecule has 1 heterocycles. The molecule has 1 saturated carbocycles. The summed E-state index contributed by atoms with van der Waals surface area (Å²) in [5.41, 5.74) is 1.92. The van der Waals surface area contributed by atoms with Crippen LogP contribution >= 0.6 is 0 Å². The number of hydrogen-bond donors (Lipinski definition) is 1. The van der Waals surface area contributed by atoms with Crippen LogP contribution in [0.25, 0.3) is 5.69 Å². The Morgan fingerprint density at radius 2 is 1.93 bits per heavy atom. The van der Waals surface area contributed by atoms with Crippen molar-refractivity contribution < 1.29 is 13.9 Å². The summed E-state index contributed by atoms with van der Waals surface area (Å²) in [5, 5.41) is 7.68. The monoisotopic (exact) mass is 408 g/mol. The maximum Gasteiger partial charge on any atom is 0.239 e. The molecule has 7 heteroatoms. The number of benzene rings is 2. The van der Waals surface area contributed by atoms with Gasteiger partial charge in [0.15, 0.2) is 11.6 Å². The number of ether oxygens (including phenoxy) is 1. The Bertz CT molecular complexity index is 1000. The van der Waals surface area contributed by atoms with Gasteiger partial charge in [0.2, 0.25) is 5.91 Å². The number of para-hydroxylation sites is 2. The third-order valence-corrected chi connectivity index (χ3v) is 4.97. The molecule has 0 bridgehead atoms. The normalized spacial score (nSPS) is 13.4. The number of halogens is 1. The lowest BCUT2D eigenvalue weighted by Crippen LogP contribution is -2.33. The van der Waals surface area contributed by atoms with E-state index >= 15 is 0 Å². The van der Waals surface area contributed by atoms with E-state index in [0.29, 0.717) is 24.9 Å². The second-order valence-corrected chi connectivity index (χ2v) is 7.54. The first kappa shape index (κ1) is 20.1. The Kier molecular flexibility index (Phi) is 6.09. The quantitative estimate of drug-likeness (QED) is 0.585. The van der Waals surface area contributed by atoms with Gasteiger partial charge in [0.1, 0.15) is 12.4 Å². The standard InChI is InChI=1S/C23H25FN4O2/c1-27(13-14-30-21-10-6-5-9-19(21)24)16-23(29)25-22-15-20(17-11-12-17)26-28(22)18-7-3-2-4-8-18/h2-10,15,17H,11-14,16H2,1H3,(H,25,29). The molecule has 6 nitrogen and oxygen atoms in total. The summed E-state index contributed by atoms with van der Waals surface area (Å²) in [6, 6.07) is 18.0. The zero-order chi connectivity index (χ0) is 20.9. The van der Waals surface area contributed by atoms with Crippen molar-refractivity contribution in [2.45, 2.75) is 18.8 Å². The molecule has 1 amide bonds. The second-order valence-electron chi connectivity index (χ2n) is 7.54. The van der Waals surface area contributed by atoms with E-state index < -0.39 is 5.82 Å². The lowest BCUT2D eigenvalue weighted by molar-refractivity contribution is -0.117. The number of rotatable bonds is 9. The van der Waals surface area contributed by atoms with Crippen LogP contribution in [0.15, 0.2) is 60.7 Å². The molecule has 156 valence electrons. The largest absolute Gasteiger partial charge is 0.489 e. The average Bonchev–Trinajstić information content (AvgIpc) is 3.51. The number of carbonyl (C=O) groups excluding carboxylic acids is 1. The highest BCUT2D eigenvalue weighted by atomic mass is 19.1. The van der Waals surface area contributed by atoms with Crippen molar-refractivity contribution in [3.05, 3.63) is 72.2 Å². The van der Waals surface area contributed by atoms with Crippen molar-refractivity contribution in [3.63, 3.8) is 0 Å². The first-order valence-electron chi connectivity index (χ1n) is 10.1. The first-order chi connectivity index (χ1) is 14.6. The summed E-state index contributed by atoms with van der Waals surface area (Å²) in [6.45, 7) is 0.977. The predicted molar refractivity (Wildman–Crippen MR) is 114 cm³/mol. The van der Waals surface area contributed by atoms with Crippen LogP contribution < -0.4 is 10.1 Å². The number of amides is 1. The van der Waals surface area contributed by atoms with Crippen LogP contribution in [0.3, 0.4) is 0 Å². The lowest BCUT2D eigenvalue weighted by Gasteiger charge is -2.17. The third kappa shape index (κ3) is 5.04. The van der Waals surface area contributed by atoms with Crippen molar-refractivity contribution in [2.24, 2.45) is 0 Å². The van der Waals surface area contributed by atoms with Crippen molar-refractivity contribution >= 4 is 11.7 Å². The van der Waals surface area contributed by atoms with Gasteiger partial charge in [-0.25, -0.2) is 9.07 Å². The molecule has 1 aliphatic carbocycles. The first-order valence-corrected chi connectivity index (χ1v) is 10.1. The van der Waals surface area contributed by atoms with Gasteiger partial charge in [0, 0.05) is 18.5 Å². The fourth-order valence-electron chi connectivity index (χ4n) is 3.21. The van der Waals surface area contributed by atoms with Gasteiger partial charge in [-0.2, -0.15) is 5.10 Å². The summed E-state index contributed by atoms with van der Waals surface area (Å²) < 4.78 is 20.8. The molecule has 3 aromatic rings. The molecule has 1 fully saturated rings. The number of aromatic nitrogens is 2. The summed E-state index contributed by atoms with van der Waals surface area (Å²) >= 11 is 0. The topological polar surface area (TPSA) is 59.4 Å². The molecule has 0 atom stereocenters. The van der Waals surface area contributed by atoms with Gasteiger partial charge in [0.05, 0.1) is 17.9 Å². The van der Waals surface area contributed by atoms with Crippen LogP contribution in [0.2, 0.25) is 0 Å². The molecule has 1 aromatic heterocycles. The van der Waals surface area contributed by atoms with E-state index in [2.05, 4.69) is 5.32 Å². The van der Waals surface area contributed by atoms with Gasteiger partial charge < -0.3 is 10.1 Å². The predicted octanol–water partition coefficient (Wildman–Crippen LogP) is 3.84. The third-order valence-electron chi connectivity index (χ3n) is 4.97. The molecule has 0 aliphatic heterocycles. The Hall–Kier alpha value is -3.19. The SMILES string of the molecule is CN(CCOc1ccccc1F)CC(=O)Nc1cc(C2CC2)nn1-c1ccccc1. The molecule has 0 saturated heterocycles. The Balaban J connectivity index is 1.34. The van der Waals surface area contributed by atoms with Crippen LogP contribution in [-0.4, -0.2) is 47.3 Å². The molecule has 0 spiro atoms. The van der Waals surface area contributed by atoms with E-state index in [1.807, 2.05) is 48.3 Å². The van der Waals surface area contributed by atoms with Crippen molar-refractivity contribution in [2.75, 3.05) is 32.1 Å². The van der Waals surface area contributed by atoms with E-state index in [-0.39, 0.29) is 18.2 Å². The second kappa shape index (κ2) is 9.09. The summed E-state index contributed by atoms with van der Waals surface area (Å²) in [6.07, 6.45) is 2.29. The molecule has 1 aliphatic rings. The summed E-state index contributed by atoms with van der Waals surface area (Å²) in [5.74, 6) is 0.851. The molecular weight excluding hydrogens is 383 g/mol. The molecule has 30 heavy (non-hydrogen) atoms. The van der Waals surface area contributed by atoms with Crippen LogP contribution in [-0.2, 0) is 4.79 Å². The number of nitrogens with one attached hydrogen (secondary N) is 1. The summed E-state index contributed by atoms with van der Waals surface area (Å²) in [7, 11) is 1.83. The molecule has 0 unspecified atom stereocenters. The zero-order valence-electron chi connectivity index (χ0n) is 16.9. The Morgan fingerprint density at radius 3 is 2.67 bits per heavy atom. The molecular formula is C23H25FN4O2. The highest BCUT2D eigenvalue weighted by Gasteiger charge is 2.28. The lowest BCUT2D eigenvalue weighted by atomic mass is 10.3. The Labute approximate surface area is 175 Å². The molecule has 0 radical (unpaired) electrons. The molecule has 4 rings (SSSR count). The van der Waals surface area contributed by atoms with Crippen LogP contribution in [0.5, 0.6) is 5.75 Å². The van der Waals surface area contributed by atoms with E-state index in [4.69, 9.17) is 9.84 Å². The van der Waals surface area contributed by atoms with Gasteiger partial charge in [-0.05, 0) is 44.2 Å². The van der Waals surface area contributed by atoms with Crippen LogP contribution in [0.4, 0.5) is 10.2 Å². The fraction of sp³-hybridized carbons (Fsp3) is 0.304. The smallest absolute Gasteiger partial charge is 0.239 e. The fourth-order valence-corrected chi connectivity index (χ4v) is 3.21. The maximum absolute atomic E-state index is 13.6.